The third kappa shape index (κ3) is 4.23. The van der Waals surface area contributed by atoms with Crippen molar-refractivity contribution in [1.29, 1.82) is 0 Å². The monoisotopic (exact) mass is 342 g/mol. The largest absolute Gasteiger partial charge is 0.497 e. The summed E-state index contributed by atoms with van der Waals surface area (Å²) in [6.07, 6.45) is 3.36. The van der Waals surface area contributed by atoms with Gasteiger partial charge in [-0.2, -0.15) is 0 Å². The zero-order chi connectivity index (χ0) is 20.2. The average molecular weight is 342 g/mol. The van der Waals surface area contributed by atoms with Gasteiger partial charge in [-0.15, -0.1) is 0 Å². The molecular weight excluding hydrogens is 310 g/mol. The second-order valence-electron chi connectivity index (χ2n) is 6.97. The van der Waals surface area contributed by atoms with Crippen LogP contribution in [0.2, 0.25) is 0 Å². The van der Waals surface area contributed by atoms with Crippen molar-refractivity contribution in [2.24, 2.45) is 5.92 Å². The average Bonchev–Trinajstić information content (AvgIpc) is 2.69. The topological polar surface area (TPSA) is 32.7 Å². The Balaban J connectivity index is 1.87. The van der Waals surface area contributed by atoms with E-state index in [0.29, 0.717) is 25.3 Å². The van der Waals surface area contributed by atoms with Crippen LogP contribution in [0.5, 0.6) is 5.75 Å². The Hall–Kier alpha value is -1.84. The first-order valence-electron chi connectivity index (χ1n) is 10.5. The van der Waals surface area contributed by atoms with E-state index in [4.69, 9.17) is 8.85 Å². The molecule has 0 amide bonds. The lowest BCUT2D eigenvalue weighted by molar-refractivity contribution is -0.0643. The van der Waals surface area contributed by atoms with Gasteiger partial charge in [-0.3, -0.25) is 0 Å². The summed E-state index contributed by atoms with van der Waals surface area (Å²) in [6, 6.07) is 17.2. The standard InChI is InChI=1S/C22H29NO2/c1-23(16-18-9-4-3-5-10-18)17-20-11-6-7-14-22(20,24)19-12-8-13-21(15-19)25-2/h3-5,8-10,12-13,15,20,24H,6-7,11,14,16-17H2,1-2H3/t20-,22+/m1/s1/i1D3. The van der Waals surface area contributed by atoms with Crippen LogP contribution in [0, 0.1) is 5.92 Å². The van der Waals surface area contributed by atoms with Gasteiger partial charge in [0.25, 0.3) is 0 Å². The molecule has 0 bridgehead atoms. The van der Waals surface area contributed by atoms with Gasteiger partial charge >= 0.3 is 0 Å². The zero-order valence-electron chi connectivity index (χ0n) is 17.8. The van der Waals surface area contributed by atoms with Crippen molar-refractivity contribution in [3.63, 3.8) is 0 Å². The maximum Gasteiger partial charge on any atom is 0.119 e. The predicted octanol–water partition coefficient (Wildman–Crippen LogP) is 4.21. The molecule has 0 unspecified atom stereocenters. The molecule has 2 atom stereocenters. The second kappa shape index (κ2) is 8.03. The second-order valence-corrected chi connectivity index (χ2v) is 6.97. The van der Waals surface area contributed by atoms with Crippen molar-refractivity contribution in [2.45, 2.75) is 37.8 Å². The first kappa shape index (κ1) is 14.3. The molecule has 134 valence electrons. The van der Waals surface area contributed by atoms with Crippen molar-refractivity contribution in [3.05, 3.63) is 65.7 Å². The summed E-state index contributed by atoms with van der Waals surface area (Å²) >= 11 is 0. The van der Waals surface area contributed by atoms with Gasteiger partial charge in [0.1, 0.15) is 5.75 Å². The smallest absolute Gasteiger partial charge is 0.119 e. The van der Waals surface area contributed by atoms with Crippen molar-refractivity contribution in [1.82, 2.24) is 4.90 Å². The molecule has 1 saturated carbocycles. The van der Waals surface area contributed by atoms with Gasteiger partial charge in [-0.05, 0) is 43.1 Å². The number of hydrogen-bond acceptors (Lipinski definition) is 3. The molecule has 2 aromatic rings. The molecule has 0 saturated heterocycles. The Morgan fingerprint density at radius 3 is 2.80 bits per heavy atom. The number of aliphatic hydroxyl groups is 1. The number of methoxy groups -OCH3 is 1. The van der Waals surface area contributed by atoms with E-state index >= 15 is 0 Å². The van der Waals surface area contributed by atoms with Crippen molar-refractivity contribution >= 4 is 0 Å². The van der Waals surface area contributed by atoms with Gasteiger partial charge in [0.2, 0.25) is 0 Å². The van der Waals surface area contributed by atoms with Crippen LogP contribution >= 0.6 is 0 Å². The van der Waals surface area contributed by atoms with Gasteiger partial charge in [-0.1, -0.05) is 55.3 Å². The number of rotatable bonds is 6. The summed E-state index contributed by atoms with van der Waals surface area (Å²) in [5.74, 6) is 0.546. The van der Waals surface area contributed by atoms with E-state index in [1.54, 1.807) is 7.11 Å². The van der Waals surface area contributed by atoms with Crippen LogP contribution in [0.25, 0.3) is 0 Å². The minimum absolute atomic E-state index is 0.155. The van der Waals surface area contributed by atoms with E-state index < -0.39 is 12.6 Å². The molecule has 0 aliphatic heterocycles. The van der Waals surface area contributed by atoms with Crippen LogP contribution < -0.4 is 4.74 Å². The highest BCUT2D eigenvalue weighted by atomic mass is 16.5. The molecule has 1 aliphatic rings. The minimum atomic E-state index is -2.22. The highest BCUT2D eigenvalue weighted by Crippen LogP contribution is 2.42. The van der Waals surface area contributed by atoms with Crippen LogP contribution in [-0.2, 0) is 12.1 Å². The Bertz CT molecular complexity index is 766. The summed E-state index contributed by atoms with van der Waals surface area (Å²) in [5, 5.41) is 11.6. The first-order valence-corrected chi connectivity index (χ1v) is 8.99. The summed E-state index contributed by atoms with van der Waals surface area (Å²) in [4.78, 5) is 1.52. The van der Waals surface area contributed by atoms with Gasteiger partial charge < -0.3 is 14.7 Å². The maximum absolute atomic E-state index is 11.6. The normalized spacial score (nSPS) is 25.9. The van der Waals surface area contributed by atoms with E-state index in [-0.39, 0.29) is 5.92 Å². The summed E-state index contributed by atoms with van der Waals surface area (Å²) < 4.78 is 29.4. The molecule has 2 aromatic carbocycles. The molecule has 0 radical (unpaired) electrons. The van der Waals surface area contributed by atoms with Gasteiger partial charge in [0.05, 0.1) is 12.7 Å². The van der Waals surface area contributed by atoms with Crippen LogP contribution in [0.15, 0.2) is 54.6 Å². The number of ether oxygens (including phenoxy) is 1. The van der Waals surface area contributed by atoms with Gasteiger partial charge in [0, 0.05) is 23.1 Å². The zero-order valence-corrected chi connectivity index (χ0v) is 14.8. The molecule has 1 aliphatic carbocycles. The lowest BCUT2D eigenvalue weighted by Crippen LogP contribution is -2.43. The number of benzene rings is 2. The van der Waals surface area contributed by atoms with Crippen LogP contribution in [0.1, 0.15) is 40.9 Å². The molecule has 1 fully saturated rings. The summed E-state index contributed by atoms with van der Waals surface area (Å²) in [5.41, 5.74) is 0.716. The molecular formula is C22H29NO2. The molecule has 0 aromatic heterocycles. The molecule has 0 heterocycles. The Labute approximate surface area is 155 Å². The van der Waals surface area contributed by atoms with Crippen molar-refractivity contribution < 1.29 is 14.0 Å². The van der Waals surface area contributed by atoms with Crippen LogP contribution in [-0.4, -0.2) is 30.6 Å². The van der Waals surface area contributed by atoms with E-state index in [2.05, 4.69) is 0 Å². The van der Waals surface area contributed by atoms with Gasteiger partial charge in [0.15, 0.2) is 0 Å². The predicted molar refractivity (Wildman–Crippen MR) is 102 cm³/mol. The molecule has 0 spiro atoms. The quantitative estimate of drug-likeness (QED) is 0.854. The lowest BCUT2D eigenvalue weighted by Gasteiger charge is -2.42. The summed E-state index contributed by atoms with van der Waals surface area (Å²) in [7, 11) is 1.61. The fourth-order valence-corrected chi connectivity index (χ4v) is 3.88. The number of nitrogens with zero attached hydrogens (tertiary/aromatic N) is 1. The molecule has 25 heavy (non-hydrogen) atoms. The highest BCUT2D eigenvalue weighted by Gasteiger charge is 2.40. The van der Waals surface area contributed by atoms with E-state index in [1.165, 1.54) is 4.90 Å². The summed E-state index contributed by atoms with van der Waals surface area (Å²) in [6.45, 7) is -1.57. The van der Waals surface area contributed by atoms with Crippen molar-refractivity contribution in [3.8, 4) is 5.75 Å². The lowest BCUT2D eigenvalue weighted by atomic mass is 9.71. The molecule has 3 heteroatoms. The maximum atomic E-state index is 11.6. The first-order chi connectivity index (χ1) is 13.3. The Kier molecular flexibility index (Phi) is 4.60. The Morgan fingerprint density at radius 2 is 2.04 bits per heavy atom. The van der Waals surface area contributed by atoms with E-state index in [9.17, 15) is 5.11 Å². The minimum Gasteiger partial charge on any atom is -0.497 e. The van der Waals surface area contributed by atoms with Crippen LogP contribution in [0.4, 0.5) is 0 Å². The van der Waals surface area contributed by atoms with Crippen LogP contribution in [0.3, 0.4) is 0 Å². The van der Waals surface area contributed by atoms with E-state index in [1.807, 2.05) is 54.6 Å². The van der Waals surface area contributed by atoms with Gasteiger partial charge in [-0.25, -0.2) is 0 Å². The highest BCUT2D eigenvalue weighted by molar-refractivity contribution is 5.33. The molecule has 3 rings (SSSR count). The Morgan fingerprint density at radius 1 is 1.20 bits per heavy atom. The third-order valence-electron chi connectivity index (χ3n) is 5.26. The van der Waals surface area contributed by atoms with E-state index in [0.717, 1.165) is 30.4 Å². The SMILES string of the molecule is [2H]C([2H])([2H])N(Cc1ccccc1)C[C@H]1CCCC[C@]1(O)c1cccc(OC)c1. The fourth-order valence-electron chi connectivity index (χ4n) is 3.88. The third-order valence-corrected chi connectivity index (χ3v) is 5.26. The molecule has 1 N–H and O–H groups in total. The fraction of sp³-hybridized carbons (Fsp3) is 0.455. The number of hydrogen-bond donors (Lipinski definition) is 1. The molecule has 3 nitrogen and oxygen atoms in total. The van der Waals surface area contributed by atoms with Crippen molar-refractivity contribution in [2.75, 3.05) is 20.6 Å².